The van der Waals surface area contributed by atoms with E-state index in [1.54, 1.807) is 23.1 Å². The summed E-state index contributed by atoms with van der Waals surface area (Å²) in [4.78, 5) is 23.3. The first-order valence-corrected chi connectivity index (χ1v) is 11.4. The molecule has 3 rings (SSSR count). The number of benzene rings is 2. The summed E-state index contributed by atoms with van der Waals surface area (Å²) in [6, 6.07) is 14.2. The van der Waals surface area contributed by atoms with E-state index in [9.17, 15) is 4.79 Å². The Kier molecular flexibility index (Phi) is 8.96. The van der Waals surface area contributed by atoms with Crippen LogP contribution in [-0.4, -0.2) is 48.7 Å². The van der Waals surface area contributed by atoms with Gasteiger partial charge >= 0.3 is 0 Å². The zero-order valence-electron chi connectivity index (χ0n) is 17.3. The third-order valence-corrected chi connectivity index (χ3v) is 6.51. The Hall–Kier alpha value is -1.60. The predicted octanol–water partition coefficient (Wildman–Crippen LogP) is 5.60. The van der Waals surface area contributed by atoms with Gasteiger partial charge in [0.05, 0.1) is 15.8 Å². The van der Waals surface area contributed by atoms with Gasteiger partial charge in [0.15, 0.2) is 5.13 Å². The molecule has 0 spiro atoms. The van der Waals surface area contributed by atoms with Crippen LogP contribution in [0.4, 0.5) is 5.13 Å². The van der Waals surface area contributed by atoms with Gasteiger partial charge in [-0.25, -0.2) is 4.98 Å². The van der Waals surface area contributed by atoms with E-state index in [0.717, 1.165) is 44.5 Å². The molecule has 1 heterocycles. The van der Waals surface area contributed by atoms with Crippen molar-refractivity contribution in [2.75, 3.05) is 37.8 Å². The molecule has 0 aliphatic rings. The highest BCUT2D eigenvalue weighted by Crippen LogP contribution is 2.32. The number of aromatic nitrogens is 1. The molecule has 3 aromatic rings. The monoisotopic (exact) mass is 449 g/mol. The van der Waals surface area contributed by atoms with E-state index in [4.69, 9.17) is 4.98 Å². The molecule has 2 aromatic carbocycles. The normalized spacial score (nSPS) is 10.9. The summed E-state index contributed by atoms with van der Waals surface area (Å²) in [6.07, 6.45) is 0.994. The molecule has 0 radical (unpaired) electrons. The molecule has 29 heavy (non-hydrogen) atoms. The fourth-order valence-corrected chi connectivity index (χ4v) is 4.80. The van der Waals surface area contributed by atoms with Gasteiger partial charge in [-0.3, -0.25) is 9.69 Å². The molecule has 0 saturated heterocycles. The zero-order valence-corrected chi connectivity index (χ0v) is 19.8. The molecule has 1 amide bonds. The van der Waals surface area contributed by atoms with E-state index < -0.39 is 0 Å². The summed E-state index contributed by atoms with van der Waals surface area (Å²) < 4.78 is 1.13. The van der Waals surface area contributed by atoms with E-state index in [-0.39, 0.29) is 18.3 Å². The Morgan fingerprint density at radius 1 is 1.10 bits per heavy atom. The van der Waals surface area contributed by atoms with Crippen LogP contribution >= 0.6 is 35.5 Å². The average Bonchev–Trinajstić information content (AvgIpc) is 3.11. The van der Waals surface area contributed by atoms with Crippen LogP contribution in [-0.2, 0) is 6.42 Å². The third kappa shape index (κ3) is 5.72. The Labute approximate surface area is 187 Å². The first-order chi connectivity index (χ1) is 13.5. The van der Waals surface area contributed by atoms with E-state index >= 15 is 0 Å². The van der Waals surface area contributed by atoms with Crippen LogP contribution in [0.2, 0.25) is 0 Å². The van der Waals surface area contributed by atoms with Crippen molar-refractivity contribution >= 4 is 56.8 Å². The number of likely N-dealkylation sites (N-methyl/N-ethyl adjacent to an activating group) is 1. The summed E-state index contributed by atoms with van der Waals surface area (Å²) in [5, 5.41) is 0.770. The number of nitrogens with zero attached hydrogens (tertiary/aromatic N) is 3. The summed E-state index contributed by atoms with van der Waals surface area (Å²) >= 11 is 3.30. The van der Waals surface area contributed by atoms with Gasteiger partial charge in [-0.05, 0) is 56.1 Å². The molecule has 4 nitrogen and oxygen atoms in total. The van der Waals surface area contributed by atoms with Gasteiger partial charge in [0.2, 0.25) is 0 Å². The molecule has 0 N–H and O–H groups in total. The van der Waals surface area contributed by atoms with E-state index in [1.165, 1.54) is 5.56 Å². The highest BCUT2D eigenvalue weighted by molar-refractivity contribution is 7.99. The van der Waals surface area contributed by atoms with Crippen molar-refractivity contribution in [3.63, 3.8) is 0 Å². The number of rotatable bonds is 8. The number of carbonyl (C=O) groups excluding carboxylic acids is 1. The van der Waals surface area contributed by atoms with E-state index in [0.29, 0.717) is 6.54 Å². The van der Waals surface area contributed by atoms with Gasteiger partial charge in [-0.1, -0.05) is 43.4 Å². The molecule has 156 valence electrons. The van der Waals surface area contributed by atoms with E-state index in [2.05, 4.69) is 36.9 Å². The molecular formula is C22H28ClN3OS2. The highest BCUT2D eigenvalue weighted by atomic mass is 35.5. The Balaban J connectivity index is 0.00000300. The number of amides is 1. The second-order valence-electron chi connectivity index (χ2n) is 6.84. The minimum absolute atomic E-state index is 0. The fraction of sp³-hybridized carbons (Fsp3) is 0.364. The Morgan fingerprint density at radius 3 is 2.55 bits per heavy atom. The molecule has 7 heteroatoms. The first-order valence-electron chi connectivity index (χ1n) is 9.61. The van der Waals surface area contributed by atoms with Crippen molar-refractivity contribution in [3.05, 3.63) is 53.6 Å². The molecular weight excluding hydrogens is 422 g/mol. The minimum atomic E-state index is 0. The van der Waals surface area contributed by atoms with Crippen LogP contribution in [0, 0.1) is 0 Å². The topological polar surface area (TPSA) is 36.4 Å². The van der Waals surface area contributed by atoms with Crippen molar-refractivity contribution in [1.29, 1.82) is 0 Å². The molecule has 0 atom stereocenters. The van der Waals surface area contributed by atoms with Crippen molar-refractivity contribution < 1.29 is 4.79 Å². The molecule has 0 aliphatic carbocycles. The lowest BCUT2D eigenvalue weighted by Crippen LogP contribution is -2.37. The van der Waals surface area contributed by atoms with Crippen LogP contribution in [0.5, 0.6) is 0 Å². The average molecular weight is 450 g/mol. The van der Waals surface area contributed by atoms with Gasteiger partial charge in [-0.2, -0.15) is 0 Å². The summed E-state index contributed by atoms with van der Waals surface area (Å²) in [5.74, 6) is 0.955. The lowest BCUT2D eigenvalue weighted by atomic mass is 10.2. The minimum Gasteiger partial charge on any atom is -0.308 e. The van der Waals surface area contributed by atoms with Crippen molar-refractivity contribution in [1.82, 2.24) is 9.88 Å². The lowest BCUT2D eigenvalue weighted by Gasteiger charge is -2.23. The van der Waals surface area contributed by atoms with Crippen LogP contribution in [0.1, 0.15) is 29.8 Å². The number of hydrogen-bond donors (Lipinski definition) is 0. The first kappa shape index (κ1) is 23.7. The molecule has 0 saturated carbocycles. The molecule has 1 aromatic heterocycles. The quantitative estimate of drug-likeness (QED) is 0.419. The van der Waals surface area contributed by atoms with Crippen molar-refractivity contribution in [2.45, 2.75) is 25.2 Å². The number of aryl methyl sites for hydroxylation is 1. The number of thiazole rings is 1. The Morgan fingerprint density at radius 2 is 1.86 bits per heavy atom. The molecule has 0 fully saturated rings. The zero-order chi connectivity index (χ0) is 20.1. The second kappa shape index (κ2) is 11.0. The smallest absolute Gasteiger partial charge is 0.261 e. The summed E-state index contributed by atoms with van der Waals surface area (Å²) in [5.41, 5.74) is 3.00. The third-order valence-electron chi connectivity index (χ3n) is 4.51. The Bertz CT molecular complexity index is 958. The largest absolute Gasteiger partial charge is 0.308 e. The maximum atomic E-state index is 13.5. The lowest BCUT2D eigenvalue weighted by molar-refractivity contribution is 0.0982. The number of thioether (sulfide) groups is 1. The number of carbonyl (C=O) groups is 1. The fourth-order valence-electron chi connectivity index (χ4n) is 2.95. The maximum Gasteiger partial charge on any atom is 0.261 e. The second-order valence-corrected chi connectivity index (χ2v) is 9.16. The summed E-state index contributed by atoms with van der Waals surface area (Å²) in [6.45, 7) is 5.65. The number of hydrogen-bond acceptors (Lipinski definition) is 5. The van der Waals surface area contributed by atoms with Crippen LogP contribution in [0.15, 0.2) is 47.4 Å². The number of anilines is 1. The standard InChI is InChI=1S/C22H27N3OS2.ClH/c1-5-16-11-12-18-20(15-16)28-22(23-18)25(14-13-24(3)4)21(26)17-9-7-8-10-19(17)27-6-2;/h7-12,15H,5-6,13-14H2,1-4H3;1H. The maximum absolute atomic E-state index is 13.5. The number of halogens is 1. The van der Waals surface area contributed by atoms with Crippen LogP contribution in [0.3, 0.4) is 0 Å². The predicted molar refractivity (Wildman–Crippen MR) is 129 cm³/mol. The number of fused-ring (bicyclic) bond motifs is 1. The molecule has 0 unspecified atom stereocenters. The van der Waals surface area contributed by atoms with Crippen LogP contribution in [0.25, 0.3) is 10.2 Å². The van der Waals surface area contributed by atoms with Gasteiger partial charge in [0, 0.05) is 18.0 Å². The van der Waals surface area contributed by atoms with Gasteiger partial charge in [0.25, 0.3) is 5.91 Å². The van der Waals surface area contributed by atoms with Crippen molar-refractivity contribution in [3.8, 4) is 0 Å². The van der Waals surface area contributed by atoms with Crippen molar-refractivity contribution in [2.24, 2.45) is 0 Å². The summed E-state index contributed by atoms with van der Waals surface area (Å²) in [7, 11) is 4.05. The van der Waals surface area contributed by atoms with Gasteiger partial charge in [-0.15, -0.1) is 24.2 Å². The SMILES string of the molecule is CCSc1ccccc1C(=O)N(CCN(C)C)c1nc2ccc(CC)cc2s1.Cl. The van der Waals surface area contributed by atoms with Crippen LogP contribution < -0.4 is 4.90 Å². The van der Waals surface area contributed by atoms with E-state index in [1.807, 2.05) is 43.3 Å². The van der Waals surface area contributed by atoms with Gasteiger partial charge in [0.1, 0.15) is 0 Å². The van der Waals surface area contributed by atoms with Gasteiger partial charge < -0.3 is 4.90 Å². The molecule has 0 aliphatic heterocycles. The highest BCUT2D eigenvalue weighted by Gasteiger charge is 2.23. The molecule has 0 bridgehead atoms.